The second-order valence-electron chi connectivity index (χ2n) is 7.70. The van der Waals surface area contributed by atoms with Crippen molar-refractivity contribution < 1.29 is 22.1 Å². The first-order valence-electron chi connectivity index (χ1n) is 10.3. The summed E-state index contributed by atoms with van der Waals surface area (Å²) in [5, 5.41) is 3.44. The minimum Gasteiger partial charge on any atom is -0.493 e. The third-order valence-corrected chi connectivity index (χ3v) is 7.44. The van der Waals surface area contributed by atoms with Gasteiger partial charge in [-0.2, -0.15) is 8.42 Å². The summed E-state index contributed by atoms with van der Waals surface area (Å²) in [6.45, 7) is 1.87. The molecule has 1 aliphatic carbocycles. The molecule has 1 saturated heterocycles. The first kappa shape index (κ1) is 22.4. The fourth-order valence-electron chi connectivity index (χ4n) is 3.55. The van der Waals surface area contributed by atoms with E-state index < -0.39 is 10.1 Å². The van der Waals surface area contributed by atoms with Crippen LogP contribution in [0, 0.1) is 6.92 Å². The highest BCUT2D eigenvalue weighted by molar-refractivity contribution is 8.18. The van der Waals surface area contributed by atoms with Gasteiger partial charge in [-0.1, -0.05) is 36.6 Å². The molecule has 2 aromatic carbocycles. The SMILES string of the molecule is COc1cc(/C=C2\SC(=NC3CCCC3)NC2=O)ccc1OS(=O)(=O)c1ccc(C)cc1. The van der Waals surface area contributed by atoms with Crippen LogP contribution >= 0.6 is 11.8 Å². The number of amidine groups is 1. The molecular weight excluding hydrogens is 448 g/mol. The lowest BCUT2D eigenvalue weighted by Crippen LogP contribution is -2.21. The number of thioether (sulfide) groups is 1. The van der Waals surface area contributed by atoms with Crippen molar-refractivity contribution in [2.24, 2.45) is 4.99 Å². The van der Waals surface area contributed by atoms with Gasteiger partial charge in [0.05, 0.1) is 18.1 Å². The Labute approximate surface area is 192 Å². The van der Waals surface area contributed by atoms with E-state index in [-0.39, 0.29) is 28.3 Å². The topological polar surface area (TPSA) is 94.1 Å². The molecule has 0 unspecified atom stereocenters. The van der Waals surface area contributed by atoms with Crippen LogP contribution in [0.1, 0.15) is 36.8 Å². The molecule has 0 aromatic heterocycles. The third kappa shape index (κ3) is 5.16. The highest BCUT2D eigenvalue weighted by Gasteiger charge is 2.26. The summed E-state index contributed by atoms with van der Waals surface area (Å²) in [6.07, 6.45) is 6.19. The maximum atomic E-state index is 12.6. The fraction of sp³-hybridized carbons (Fsp3) is 0.304. The number of hydrogen-bond acceptors (Lipinski definition) is 7. The maximum absolute atomic E-state index is 12.6. The van der Waals surface area contributed by atoms with E-state index in [0.717, 1.165) is 18.4 Å². The Kier molecular flexibility index (Phi) is 6.57. The van der Waals surface area contributed by atoms with Gasteiger partial charge in [-0.25, -0.2) is 0 Å². The zero-order valence-corrected chi connectivity index (χ0v) is 19.5. The van der Waals surface area contributed by atoms with Gasteiger partial charge in [-0.05, 0) is 67.4 Å². The minimum absolute atomic E-state index is 0.0597. The molecule has 2 aromatic rings. The molecule has 168 valence electrons. The molecule has 0 radical (unpaired) electrons. The van der Waals surface area contributed by atoms with Crippen molar-refractivity contribution in [2.45, 2.75) is 43.5 Å². The fourth-order valence-corrected chi connectivity index (χ4v) is 5.39. The second-order valence-corrected chi connectivity index (χ2v) is 10.3. The Morgan fingerprint density at radius 1 is 1.09 bits per heavy atom. The average Bonchev–Trinajstić information content (AvgIpc) is 3.39. The molecule has 0 bridgehead atoms. The maximum Gasteiger partial charge on any atom is 0.339 e. The Balaban J connectivity index is 1.53. The quantitative estimate of drug-likeness (QED) is 0.498. The van der Waals surface area contributed by atoms with Crippen LogP contribution in [0.2, 0.25) is 0 Å². The number of nitrogens with zero attached hydrogens (tertiary/aromatic N) is 1. The summed E-state index contributed by atoms with van der Waals surface area (Å²) in [7, 11) is -2.57. The first-order chi connectivity index (χ1) is 15.3. The monoisotopic (exact) mass is 472 g/mol. The van der Waals surface area contributed by atoms with Crippen LogP contribution in [0.4, 0.5) is 0 Å². The molecule has 2 aliphatic rings. The standard InChI is InChI=1S/C23H24N2O5S2/c1-15-7-10-18(11-8-15)32(27,28)30-19-12-9-16(13-20(19)29-2)14-21-22(26)25-23(31-21)24-17-5-3-4-6-17/h7-14,17H,3-6H2,1-2H3,(H,24,25,26)/b21-14-. The number of nitrogens with one attached hydrogen (secondary N) is 1. The number of amides is 1. The second kappa shape index (κ2) is 9.38. The van der Waals surface area contributed by atoms with Gasteiger partial charge >= 0.3 is 10.1 Å². The van der Waals surface area contributed by atoms with Gasteiger partial charge in [-0.15, -0.1) is 0 Å². The van der Waals surface area contributed by atoms with Crippen molar-refractivity contribution in [3.63, 3.8) is 0 Å². The molecule has 1 N–H and O–H groups in total. The van der Waals surface area contributed by atoms with Crippen LogP contribution < -0.4 is 14.2 Å². The van der Waals surface area contributed by atoms with Gasteiger partial charge < -0.3 is 14.2 Å². The summed E-state index contributed by atoms with van der Waals surface area (Å²) >= 11 is 1.31. The van der Waals surface area contributed by atoms with Crippen molar-refractivity contribution in [3.8, 4) is 11.5 Å². The lowest BCUT2D eigenvalue weighted by atomic mass is 10.2. The normalized spacial score (nSPS) is 19.5. The van der Waals surface area contributed by atoms with Gasteiger partial charge in [0.1, 0.15) is 4.90 Å². The smallest absolute Gasteiger partial charge is 0.339 e. The zero-order valence-electron chi connectivity index (χ0n) is 17.8. The van der Waals surface area contributed by atoms with Crippen molar-refractivity contribution >= 4 is 39.0 Å². The highest BCUT2D eigenvalue weighted by atomic mass is 32.2. The van der Waals surface area contributed by atoms with E-state index >= 15 is 0 Å². The molecule has 9 heteroatoms. The van der Waals surface area contributed by atoms with Gasteiger partial charge in [0, 0.05) is 0 Å². The van der Waals surface area contributed by atoms with Crippen LogP contribution in [0.3, 0.4) is 0 Å². The Morgan fingerprint density at radius 2 is 1.81 bits per heavy atom. The third-order valence-electron chi connectivity index (χ3n) is 5.27. The predicted molar refractivity (Wildman–Crippen MR) is 125 cm³/mol. The van der Waals surface area contributed by atoms with E-state index in [1.165, 1.54) is 49.9 Å². The van der Waals surface area contributed by atoms with E-state index in [9.17, 15) is 13.2 Å². The first-order valence-corrected chi connectivity index (χ1v) is 12.5. The molecule has 0 atom stereocenters. The van der Waals surface area contributed by atoms with Crippen LogP contribution in [0.5, 0.6) is 11.5 Å². The van der Waals surface area contributed by atoms with Gasteiger partial charge in [0.25, 0.3) is 5.91 Å². The molecule has 0 spiro atoms. The number of aliphatic imine (C=N–C) groups is 1. The number of hydrogen-bond donors (Lipinski definition) is 1. The summed E-state index contributed by atoms with van der Waals surface area (Å²) in [5.74, 6) is 0.119. The molecule has 4 rings (SSSR count). The Bertz CT molecular complexity index is 1180. The highest BCUT2D eigenvalue weighted by Crippen LogP contribution is 2.34. The Hall–Kier alpha value is -2.78. The van der Waals surface area contributed by atoms with Crippen molar-refractivity contribution in [1.29, 1.82) is 0 Å². The number of rotatable bonds is 6. The molecule has 1 saturated carbocycles. The van der Waals surface area contributed by atoms with Gasteiger partial charge in [0.15, 0.2) is 16.7 Å². The zero-order chi connectivity index (χ0) is 22.7. The average molecular weight is 473 g/mol. The molecule has 1 heterocycles. The molecule has 2 fully saturated rings. The largest absolute Gasteiger partial charge is 0.493 e. The summed E-state index contributed by atoms with van der Waals surface area (Å²) in [5.41, 5.74) is 1.63. The van der Waals surface area contributed by atoms with Gasteiger partial charge in [-0.3, -0.25) is 9.79 Å². The number of aryl methyl sites for hydroxylation is 1. The molecule has 7 nitrogen and oxygen atoms in total. The molecule has 1 amide bonds. The summed E-state index contributed by atoms with van der Waals surface area (Å²) in [6, 6.07) is 11.5. The summed E-state index contributed by atoms with van der Waals surface area (Å²) in [4.78, 5) is 17.5. The van der Waals surface area contributed by atoms with Crippen LogP contribution in [-0.4, -0.2) is 32.6 Å². The number of ether oxygens (including phenoxy) is 1. The van der Waals surface area contributed by atoms with Crippen molar-refractivity contribution in [3.05, 3.63) is 58.5 Å². The van der Waals surface area contributed by atoms with Crippen LogP contribution in [0.25, 0.3) is 6.08 Å². The van der Waals surface area contributed by atoms with Crippen molar-refractivity contribution in [1.82, 2.24) is 5.32 Å². The molecule has 32 heavy (non-hydrogen) atoms. The Morgan fingerprint density at radius 3 is 2.50 bits per heavy atom. The van der Waals surface area contributed by atoms with Crippen LogP contribution in [-0.2, 0) is 14.9 Å². The molecular formula is C23H24N2O5S2. The molecule has 1 aliphatic heterocycles. The number of carbonyl (C=O) groups excluding carboxylic acids is 1. The predicted octanol–water partition coefficient (Wildman–Crippen LogP) is 4.27. The van der Waals surface area contributed by atoms with Crippen LogP contribution in [0.15, 0.2) is 57.3 Å². The van der Waals surface area contributed by atoms with Crippen molar-refractivity contribution in [2.75, 3.05) is 7.11 Å². The number of methoxy groups -OCH3 is 1. The minimum atomic E-state index is -4.00. The van der Waals surface area contributed by atoms with E-state index in [4.69, 9.17) is 8.92 Å². The van der Waals surface area contributed by atoms with E-state index in [0.29, 0.717) is 15.6 Å². The van der Waals surface area contributed by atoms with E-state index in [1.807, 2.05) is 6.92 Å². The lowest BCUT2D eigenvalue weighted by molar-refractivity contribution is -0.115. The number of benzene rings is 2. The lowest BCUT2D eigenvalue weighted by Gasteiger charge is -2.11. The van der Waals surface area contributed by atoms with E-state index in [2.05, 4.69) is 10.3 Å². The summed E-state index contributed by atoms with van der Waals surface area (Å²) < 4.78 is 35.9. The number of carbonyl (C=O) groups is 1. The van der Waals surface area contributed by atoms with Gasteiger partial charge in [0.2, 0.25) is 0 Å². The van der Waals surface area contributed by atoms with E-state index in [1.54, 1.807) is 30.3 Å².